The number of carbonyl (C=O) groups excluding carboxylic acids is 1. The normalized spacial score (nSPS) is 23.5. The summed E-state index contributed by atoms with van der Waals surface area (Å²) in [5.41, 5.74) is 0. The number of fused-ring (bicyclic) bond motifs is 1. The van der Waals surface area contributed by atoms with Gasteiger partial charge in [-0.3, -0.25) is 4.79 Å². The van der Waals surface area contributed by atoms with Crippen LogP contribution in [0.3, 0.4) is 0 Å². The van der Waals surface area contributed by atoms with Crippen molar-refractivity contribution in [3.05, 3.63) is 35.2 Å². The Kier molecular flexibility index (Phi) is 10.8. The lowest BCUT2D eigenvalue weighted by atomic mass is 9.84. The molecular formula is C30H48O5SSi. The topological polar surface area (TPSA) is 76.0 Å². The van der Waals surface area contributed by atoms with Gasteiger partial charge in [-0.05, 0) is 79.6 Å². The second-order valence-corrected chi connectivity index (χ2v) is 18.2. The third kappa shape index (κ3) is 8.12. The second-order valence-electron chi connectivity index (χ2n) is 12.4. The van der Waals surface area contributed by atoms with Gasteiger partial charge in [-0.1, -0.05) is 58.2 Å². The van der Waals surface area contributed by atoms with Gasteiger partial charge in [-0.2, -0.15) is 0 Å². The van der Waals surface area contributed by atoms with Crippen LogP contribution in [-0.2, 0) is 14.0 Å². The Morgan fingerprint density at radius 2 is 1.81 bits per heavy atom. The lowest BCUT2D eigenvalue weighted by Gasteiger charge is -2.40. The number of carbonyl (C=O) groups is 1. The fourth-order valence-corrected chi connectivity index (χ4v) is 7.88. The fourth-order valence-electron chi connectivity index (χ4n) is 5.41. The van der Waals surface area contributed by atoms with E-state index in [0.717, 1.165) is 43.4 Å². The van der Waals surface area contributed by atoms with Gasteiger partial charge in [0.05, 0.1) is 25.4 Å². The Morgan fingerprint density at radius 3 is 2.49 bits per heavy atom. The van der Waals surface area contributed by atoms with E-state index in [-0.39, 0.29) is 23.0 Å². The average molecular weight is 549 g/mol. The number of thiophene rings is 1. The molecule has 208 valence electrons. The number of hydrogen-bond donors (Lipinski definition) is 2. The zero-order valence-electron chi connectivity index (χ0n) is 23.7. The van der Waals surface area contributed by atoms with Crippen LogP contribution in [0.4, 0.5) is 0 Å². The van der Waals surface area contributed by atoms with Crippen molar-refractivity contribution in [2.45, 2.75) is 115 Å². The van der Waals surface area contributed by atoms with Crippen molar-refractivity contribution in [3.8, 4) is 0 Å². The summed E-state index contributed by atoms with van der Waals surface area (Å²) < 4.78 is 12.8. The molecule has 1 aromatic heterocycles. The van der Waals surface area contributed by atoms with E-state index in [9.17, 15) is 15.0 Å². The first-order valence-electron chi connectivity index (χ1n) is 14.0. The highest BCUT2D eigenvalue weighted by atomic mass is 32.1. The molecule has 1 heterocycles. The first kappa shape index (κ1) is 30.3. The number of aliphatic hydroxyl groups is 2. The van der Waals surface area contributed by atoms with Crippen molar-refractivity contribution >= 4 is 35.7 Å². The Hall–Kier alpha value is -1.25. The fraction of sp³-hybridized carbons (Fsp3) is 0.700. The molecule has 1 fully saturated rings. The second kappa shape index (κ2) is 13.2. The SMILES string of the molecule is COC(=O)CCCCCC[C@@H]1[C@@H](CC[C@@H](O)c2cc3ccccc3s2)[C@H](O)C[C@@H]1O[Si](C)(C)C(C)(C)C. The number of hydrogen-bond acceptors (Lipinski definition) is 6. The molecule has 7 heteroatoms. The number of esters is 1. The van der Waals surface area contributed by atoms with E-state index in [1.807, 2.05) is 12.1 Å². The zero-order chi connectivity index (χ0) is 27.2. The summed E-state index contributed by atoms with van der Waals surface area (Å²) in [7, 11) is -0.536. The van der Waals surface area contributed by atoms with Crippen LogP contribution in [-0.4, -0.2) is 43.8 Å². The number of ether oxygens (including phenoxy) is 1. The number of methoxy groups -OCH3 is 1. The van der Waals surface area contributed by atoms with Crippen LogP contribution in [0.25, 0.3) is 10.1 Å². The summed E-state index contributed by atoms with van der Waals surface area (Å²) in [6.07, 6.45) is 6.77. The predicted molar refractivity (Wildman–Crippen MR) is 155 cm³/mol. The van der Waals surface area contributed by atoms with Crippen LogP contribution in [0.2, 0.25) is 18.1 Å². The molecular weight excluding hydrogens is 500 g/mol. The summed E-state index contributed by atoms with van der Waals surface area (Å²) in [5, 5.41) is 23.5. The molecule has 0 amide bonds. The molecule has 2 N–H and O–H groups in total. The summed E-state index contributed by atoms with van der Waals surface area (Å²) in [4.78, 5) is 12.4. The summed E-state index contributed by atoms with van der Waals surface area (Å²) in [6.45, 7) is 11.4. The molecule has 37 heavy (non-hydrogen) atoms. The first-order chi connectivity index (χ1) is 17.4. The van der Waals surface area contributed by atoms with Crippen molar-refractivity contribution in [2.24, 2.45) is 11.8 Å². The minimum absolute atomic E-state index is 0.0671. The highest BCUT2D eigenvalue weighted by Gasteiger charge is 2.47. The van der Waals surface area contributed by atoms with E-state index in [4.69, 9.17) is 9.16 Å². The number of unbranched alkanes of at least 4 members (excludes halogenated alkanes) is 3. The summed E-state index contributed by atoms with van der Waals surface area (Å²) in [5.74, 6) is 0.284. The van der Waals surface area contributed by atoms with Crippen LogP contribution in [0.5, 0.6) is 0 Å². The third-order valence-corrected chi connectivity index (χ3v) is 14.4. The van der Waals surface area contributed by atoms with Crippen LogP contribution >= 0.6 is 11.3 Å². The molecule has 0 saturated heterocycles. The van der Waals surface area contributed by atoms with Gasteiger partial charge in [0.1, 0.15) is 0 Å². The quantitative estimate of drug-likeness (QED) is 0.153. The van der Waals surface area contributed by atoms with Crippen LogP contribution in [0, 0.1) is 11.8 Å². The largest absolute Gasteiger partial charge is 0.469 e. The number of aliphatic hydroxyl groups excluding tert-OH is 2. The highest BCUT2D eigenvalue weighted by molar-refractivity contribution is 7.19. The van der Waals surface area contributed by atoms with Gasteiger partial charge < -0.3 is 19.4 Å². The van der Waals surface area contributed by atoms with Gasteiger partial charge in [-0.25, -0.2) is 0 Å². The minimum Gasteiger partial charge on any atom is -0.469 e. The van der Waals surface area contributed by atoms with Gasteiger partial charge in [0.2, 0.25) is 0 Å². The monoisotopic (exact) mass is 548 g/mol. The lowest BCUT2D eigenvalue weighted by molar-refractivity contribution is -0.140. The Labute approximate surface area is 228 Å². The summed E-state index contributed by atoms with van der Waals surface area (Å²) in [6, 6.07) is 10.4. The van der Waals surface area contributed by atoms with Gasteiger partial charge in [-0.15, -0.1) is 11.3 Å². The molecule has 2 aromatic rings. The van der Waals surface area contributed by atoms with E-state index < -0.39 is 20.5 Å². The highest BCUT2D eigenvalue weighted by Crippen LogP contribution is 2.46. The van der Waals surface area contributed by atoms with E-state index >= 15 is 0 Å². The maximum atomic E-state index is 11.4. The smallest absolute Gasteiger partial charge is 0.305 e. The van der Waals surface area contributed by atoms with Gasteiger partial charge >= 0.3 is 5.97 Å². The molecule has 0 spiro atoms. The molecule has 1 saturated carbocycles. The van der Waals surface area contributed by atoms with E-state index in [1.54, 1.807) is 11.3 Å². The molecule has 0 radical (unpaired) electrons. The molecule has 5 atom stereocenters. The molecule has 1 aliphatic carbocycles. The predicted octanol–water partition coefficient (Wildman–Crippen LogP) is 7.62. The van der Waals surface area contributed by atoms with Crippen LogP contribution in [0.15, 0.2) is 30.3 Å². The van der Waals surface area contributed by atoms with Crippen molar-refractivity contribution in [1.29, 1.82) is 0 Å². The first-order valence-corrected chi connectivity index (χ1v) is 17.7. The van der Waals surface area contributed by atoms with Crippen molar-refractivity contribution < 1.29 is 24.2 Å². The Bertz CT molecular complexity index is 964. The average Bonchev–Trinajstić information content (AvgIpc) is 3.39. The van der Waals surface area contributed by atoms with Crippen LogP contribution < -0.4 is 0 Å². The lowest BCUT2D eigenvalue weighted by Crippen LogP contribution is -2.45. The van der Waals surface area contributed by atoms with Gasteiger partial charge in [0.15, 0.2) is 8.32 Å². The van der Waals surface area contributed by atoms with E-state index in [2.05, 4.69) is 52.1 Å². The van der Waals surface area contributed by atoms with Crippen molar-refractivity contribution in [1.82, 2.24) is 0 Å². The third-order valence-electron chi connectivity index (χ3n) is 8.69. The standard InChI is InChI=1S/C30H48O5SSi/c1-30(2,3)37(5,6)35-26-20-25(32)22(23(26)14-9-7-8-10-16-29(33)34-4)17-18-24(31)28-19-21-13-11-12-15-27(21)36-28/h11-13,15,19,22-26,31-32H,7-10,14,16-18,20H2,1-6H3/t22-,23-,24-,25-,26+/m1/s1. The van der Waals surface area contributed by atoms with Gasteiger partial charge in [0.25, 0.3) is 0 Å². The summed E-state index contributed by atoms with van der Waals surface area (Å²) >= 11 is 1.66. The van der Waals surface area contributed by atoms with E-state index in [1.165, 1.54) is 17.2 Å². The van der Waals surface area contributed by atoms with Crippen molar-refractivity contribution in [2.75, 3.05) is 7.11 Å². The molecule has 5 nitrogen and oxygen atoms in total. The van der Waals surface area contributed by atoms with Crippen LogP contribution in [0.1, 0.15) is 89.5 Å². The molecule has 1 aliphatic rings. The molecule has 1 aromatic carbocycles. The van der Waals surface area contributed by atoms with E-state index in [0.29, 0.717) is 25.2 Å². The molecule has 0 bridgehead atoms. The maximum absolute atomic E-state index is 11.4. The Morgan fingerprint density at radius 1 is 1.11 bits per heavy atom. The van der Waals surface area contributed by atoms with Crippen molar-refractivity contribution in [3.63, 3.8) is 0 Å². The molecule has 0 unspecified atom stereocenters. The van der Waals surface area contributed by atoms with Gasteiger partial charge in [0, 0.05) is 16.0 Å². The molecule has 3 rings (SSSR count). The number of benzene rings is 1. The number of rotatable bonds is 13. The minimum atomic E-state index is -1.97. The zero-order valence-corrected chi connectivity index (χ0v) is 25.5. The molecule has 0 aliphatic heterocycles. The Balaban J connectivity index is 1.64. The maximum Gasteiger partial charge on any atom is 0.305 e.